The molecule has 22 nitrogen and oxygen atoms in total. The first-order chi connectivity index (χ1) is 50.7. The number of benzene rings is 2. The van der Waals surface area contributed by atoms with E-state index >= 15 is 0 Å². The van der Waals surface area contributed by atoms with E-state index in [1.807, 2.05) is 168 Å². The second kappa shape index (κ2) is 39.7. The summed E-state index contributed by atoms with van der Waals surface area (Å²) in [7, 11) is 0. The Morgan fingerprint density at radius 1 is 0.454 bits per heavy atom. The largest absolute Gasteiger partial charge is 0.346 e. The highest BCUT2D eigenvalue weighted by Gasteiger charge is 2.49. The first-order valence-corrected chi connectivity index (χ1v) is 40.6. The average Bonchev–Trinajstić information content (AvgIpc) is 1.06. The van der Waals surface area contributed by atoms with E-state index < -0.39 is 70.0 Å². The molecule has 8 amide bonds. The number of ketones is 4. The normalized spacial score (nSPS) is 28.7. The Morgan fingerprint density at radius 3 is 1.10 bits per heavy atom. The molecule has 600 valence electrons. The van der Waals surface area contributed by atoms with Gasteiger partial charge in [0.25, 0.3) is 0 Å². The molecule has 0 saturated carbocycles. The van der Waals surface area contributed by atoms with E-state index in [-0.39, 0.29) is 132 Å². The van der Waals surface area contributed by atoms with Crippen molar-refractivity contribution in [3.63, 3.8) is 0 Å². The molecule has 4 fully saturated rings. The molecule has 4 saturated heterocycles. The summed E-state index contributed by atoms with van der Waals surface area (Å²) < 4.78 is 0. The van der Waals surface area contributed by atoms with Gasteiger partial charge in [0.15, 0.2) is 23.1 Å². The Balaban J connectivity index is 0.000000301. The number of Topliss-reactive ketones (excluding diaryl/α,β-unsaturated/α-hetero) is 4. The van der Waals surface area contributed by atoms with Crippen LogP contribution in [0.5, 0.6) is 0 Å². The molecule has 8 rings (SSSR count). The van der Waals surface area contributed by atoms with Crippen LogP contribution in [0, 0.1) is 59.2 Å². The van der Waals surface area contributed by atoms with Crippen LogP contribution in [0.3, 0.4) is 0 Å². The Hall–Kier alpha value is -7.14. The van der Waals surface area contributed by atoms with Crippen molar-refractivity contribution in [2.45, 2.75) is 298 Å². The van der Waals surface area contributed by atoms with Crippen LogP contribution < -0.4 is 31.9 Å². The van der Waals surface area contributed by atoms with Crippen molar-refractivity contribution in [3.8, 4) is 0 Å². The van der Waals surface area contributed by atoms with Crippen molar-refractivity contribution >= 4 is 58.8 Å². The van der Waals surface area contributed by atoms with Crippen molar-refractivity contribution in [3.05, 3.63) is 96.1 Å². The van der Waals surface area contributed by atoms with Gasteiger partial charge in [-0.3, -0.25) is 38.4 Å². The van der Waals surface area contributed by atoms with Crippen molar-refractivity contribution in [2.75, 3.05) is 26.2 Å². The molecule has 6 aliphatic rings. The van der Waals surface area contributed by atoms with E-state index in [1.165, 1.54) is 10.1 Å². The molecular formula is C86H134N10O12. The van der Waals surface area contributed by atoms with Gasteiger partial charge in [-0.05, 0) is 205 Å². The fourth-order valence-electron chi connectivity index (χ4n) is 18.0. The number of rotatable bonds is 16. The minimum atomic E-state index is -0.792. The van der Waals surface area contributed by atoms with E-state index in [9.17, 15) is 58.4 Å². The van der Waals surface area contributed by atoms with Crippen LogP contribution in [0.4, 0.5) is 9.59 Å². The Morgan fingerprint density at radius 2 is 0.787 bits per heavy atom. The lowest BCUT2D eigenvalue weighted by molar-refractivity contribution is -0.251. The molecule has 0 aliphatic carbocycles. The number of nitrogens with zero attached hydrogens (tertiary/aromatic N) is 4. The van der Waals surface area contributed by atoms with Crippen LogP contribution in [0.25, 0.3) is 0 Å². The van der Waals surface area contributed by atoms with E-state index in [0.717, 1.165) is 11.1 Å². The monoisotopic (exact) mass is 1500 g/mol. The van der Waals surface area contributed by atoms with Crippen LogP contribution in [-0.2, 0) is 51.2 Å². The zero-order chi connectivity index (χ0) is 79.6. The predicted octanol–water partition coefficient (Wildman–Crippen LogP) is 12.5. The van der Waals surface area contributed by atoms with E-state index in [1.54, 1.807) is 9.80 Å². The van der Waals surface area contributed by atoms with Crippen LogP contribution in [0.2, 0.25) is 0 Å². The molecule has 6 aliphatic heterocycles. The van der Waals surface area contributed by atoms with Crippen LogP contribution >= 0.6 is 0 Å². The molecule has 5 unspecified atom stereocenters. The predicted molar refractivity (Wildman–Crippen MR) is 421 cm³/mol. The highest BCUT2D eigenvalue weighted by atomic mass is 16.5. The third-order valence-corrected chi connectivity index (χ3v) is 23.2. The van der Waals surface area contributed by atoms with Gasteiger partial charge in [0.05, 0.1) is 36.0 Å². The van der Waals surface area contributed by atoms with Gasteiger partial charge in [-0.15, -0.1) is 0 Å². The molecule has 10 atom stereocenters. The lowest BCUT2D eigenvalue weighted by Crippen LogP contribution is -2.59. The third kappa shape index (κ3) is 25.5. The second-order valence-electron chi connectivity index (χ2n) is 36.2. The summed E-state index contributed by atoms with van der Waals surface area (Å²) in [5.41, 5.74) is -0.0853. The molecule has 0 aromatic heterocycles. The van der Waals surface area contributed by atoms with Crippen molar-refractivity contribution in [2.24, 2.45) is 59.2 Å². The smallest absolute Gasteiger partial charge is 0.315 e. The summed E-state index contributed by atoms with van der Waals surface area (Å²) >= 11 is 0. The zero-order valence-corrected chi connectivity index (χ0v) is 68.1. The van der Waals surface area contributed by atoms with Gasteiger partial charge in [-0.25, -0.2) is 9.59 Å². The number of hydroxylamine groups is 4. The molecule has 0 bridgehead atoms. The summed E-state index contributed by atoms with van der Waals surface area (Å²) in [6.45, 7) is 33.2. The summed E-state index contributed by atoms with van der Waals surface area (Å²) in [5.74, 6) is -3.64. The molecule has 2 aromatic rings. The van der Waals surface area contributed by atoms with Gasteiger partial charge in [0.1, 0.15) is 0 Å². The van der Waals surface area contributed by atoms with Crippen molar-refractivity contribution < 1.29 is 58.4 Å². The number of carbonyl (C=O) groups is 10. The summed E-state index contributed by atoms with van der Waals surface area (Å²) in [6.07, 6.45) is 16.9. The van der Waals surface area contributed by atoms with Gasteiger partial charge in [0.2, 0.25) is 23.6 Å². The molecular weight excluding hydrogens is 1370 g/mol. The first kappa shape index (κ1) is 88.1. The number of amides is 8. The highest BCUT2D eigenvalue weighted by Crippen LogP contribution is 2.43. The number of urea groups is 2. The zero-order valence-electron chi connectivity index (χ0n) is 68.1. The quantitative estimate of drug-likeness (QED) is 0.0725. The Kier molecular flexibility index (Phi) is 32.3. The van der Waals surface area contributed by atoms with E-state index in [2.05, 4.69) is 59.6 Å². The fourth-order valence-corrected chi connectivity index (χ4v) is 18.0. The number of hydrogen-bond acceptors (Lipinski definition) is 14. The van der Waals surface area contributed by atoms with Gasteiger partial charge in [-0.1, -0.05) is 140 Å². The standard InChI is InChI=1S/2C43H67N5O6/c2*1-28(2)22-33-19-18-32(23-30-14-10-9-11-15-30)40(52)47-21-13-17-36(47)38(50)25-34(29(3)4)39(51)46-35(16-12-20-44-41(53)45-33)37(49)24-31-26-42(5,6)48(54)43(7,8)27-31/h2*9-11,14-15,18-19,28-29,31-36,54H,12-13,16-17,20-27H2,1-8H3,(H,46,51)(H2,44,45,53)/b2*19-18+/t32-,33?,34?,35?,36?;32-,33+,34?,35+,36+/m11/s1. The van der Waals surface area contributed by atoms with Crippen LogP contribution in [0.1, 0.15) is 237 Å². The average molecular weight is 1500 g/mol. The van der Waals surface area contributed by atoms with Crippen LogP contribution in [-0.4, -0.2) is 174 Å². The number of nitrogens with one attached hydrogen (secondary N) is 6. The summed E-state index contributed by atoms with van der Waals surface area (Å²) in [6, 6.07) is 15.4. The Labute approximate surface area is 645 Å². The summed E-state index contributed by atoms with van der Waals surface area (Å²) in [4.78, 5) is 143. The maximum Gasteiger partial charge on any atom is 0.315 e. The van der Waals surface area contributed by atoms with Gasteiger partial charge < -0.3 is 52.1 Å². The fraction of sp³-hybridized carbons (Fsp3) is 0.698. The van der Waals surface area contributed by atoms with Gasteiger partial charge in [-0.2, -0.15) is 10.1 Å². The molecule has 2 aromatic carbocycles. The number of carbonyl (C=O) groups excluding carboxylic acids is 10. The minimum Gasteiger partial charge on any atom is -0.346 e. The van der Waals surface area contributed by atoms with E-state index in [0.29, 0.717) is 129 Å². The third-order valence-electron chi connectivity index (χ3n) is 23.2. The first-order valence-electron chi connectivity index (χ1n) is 40.6. The van der Waals surface area contributed by atoms with Gasteiger partial charge >= 0.3 is 12.1 Å². The second-order valence-corrected chi connectivity index (χ2v) is 36.2. The lowest BCUT2D eigenvalue weighted by atomic mass is 9.73. The maximum atomic E-state index is 14.4. The molecule has 0 spiro atoms. The minimum absolute atomic E-state index is 0.00806. The molecule has 0 radical (unpaired) electrons. The number of fused-ring (bicyclic) bond motifs is 2. The number of hydrogen-bond donors (Lipinski definition) is 8. The maximum absolute atomic E-state index is 14.4. The van der Waals surface area contributed by atoms with Crippen molar-refractivity contribution in [1.29, 1.82) is 0 Å². The van der Waals surface area contributed by atoms with Gasteiger partial charge in [0, 0.05) is 97.9 Å². The Bertz CT molecular complexity index is 3170. The lowest BCUT2D eigenvalue weighted by Gasteiger charge is -2.51. The highest BCUT2D eigenvalue weighted by molar-refractivity contribution is 5.97. The number of piperidine rings is 2. The van der Waals surface area contributed by atoms with Crippen molar-refractivity contribution in [1.82, 2.24) is 51.8 Å². The SMILES string of the molecule is CC(C)CC1/C=C/[C@H](Cc2ccccc2)C(=O)N2CCCC2C(=O)CC(C(C)C)C(=O)NC(C(=O)CC2CC(C)(C)N(O)C(C)(C)C2)CCCNC(=O)N1.CC(C)C[C@@H]1/C=C/[C@H](Cc2ccccc2)C(=O)N2CCC[C@H]2C(=O)CC(C(C)C)C(=O)N[C@H](C(=O)CC2CC(C)(C)N(O)C(C)(C)C2)CCCNC(=O)N1. The molecule has 6 heterocycles. The summed E-state index contributed by atoms with van der Waals surface area (Å²) in [5, 5.41) is 42.6. The van der Waals surface area contributed by atoms with Crippen LogP contribution in [0.15, 0.2) is 85.0 Å². The van der Waals surface area contributed by atoms with E-state index in [4.69, 9.17) is 0 Å². The molecule has 22 heteroatoms. The topological polar surface area (TPSA) is 296 Å². The molecule has 108 heavy (non-hydrogen) atoms. The molecule has 8 N–H and O–H groups in total.